The van der Waals surface area contributed by atoms with Gasteiger partial charge in [0.05, 0.1) is 5.69 Å². The van der Waals surface area contributed by atoms with Crippen LogP contribution in [0.3, 0.4) is 0 Å². The van der Waals surface area contributed by atoms with Crippen molar-refractivity contribution in [2.75, 3.05) is 6.61 Å². The Kier molecular flexibility index (Phi) is 3.42. The summed E-state index contributed by atoms with van der Waals surface area (Å²) >= 11 is 0. The number of ether oxygens (including phenoxy) is 1. The molecule has 0 spiro atoms. The van der Waals surface area contributed by atoms with E-state index in [1.807, 2.05) is 36.4 Å². The van der Waals surface area contributed by atoms with Gasteiger partial charge < -0.3 is 4.74 Å². The minimum atomic E-state index is -0.105. The van der Waals surface area contributed by atoms with Gasteiger partial charge in [-0.3, -0.25) is 4.79 Å². The van der Waals surface area contributed by atoms with Gasteiger partial charge in [-0.05, 0) is 25.3 Å². The normalized spacial score (nSPS) is 19.3. The van der Waals surface area contributed by atoms with Crippen LogP contribution < -0.4 is 0 Å². The fourth-order valence-corrected chi connectivity index (χ4v) is 2.39. The Morgan fingerprint density at radius 2 is 2.11 bits per heavy atom. The third-order valence-corrected chi connectivity index (χ3v) is 3.38. The summed E-state index contributed by atoms with van der Waals surface area (Å²) in [4.78, 5) is 11.2. The molecule has 1 unspecified atom stereocenters. The minimum absolute atomic E-state index is 0.105. The number of aldehydes is 1. The zero-order valence-corrected chi connectivity index (χ0v) is 10.7. The van der Waals surface area contributed by atoms with E-state index in [1.165, 1.54) is 0 Å². The van der Waals surface area contributed by atoms with Crippen molar-refractivity contribution in [1.29, 1.82) is 0 Å². The summed E-state index contributed by atoms with van der Waals surface area (Å²) in [6.45, 7) is 0.740. The van der Waals surface area contributed by atoms with E-state index in [9.17, 15) is 4.79 Å². The van der Waals surface area contributed by atoms with E-state index in [-0.39, 0.29) is 6.23 Å². The average molecular weight is 256 g/mol. The van der Waals surface area contributed by atoms with Gasteiger partial charge in [-0.2, -0.15) is 5.10 Å². The van der Waals surface area contributed by atoms with Gasteiger partial charge in [0, 0.05) is 12.2 Å². The van der Waals surface area contributed by atoms with Crippen LogP contribution in [0, 0.1) is 0 Å². The standard InChI is InChI=1S/C15H16N2O2/c18-11-13-10-14(12-6-2-1-3-7-12)16-17(13)15-8-4-5-9-19-15/h1-3,6-7,10-11,15H,4-5,8-9H2. The fraction of sp³-hybridized carbons (Fsp3) is 0.333. The molecule has 2 aromatic rings. The molecule has 0 amide bonds. The summed E-state index contributed by atoms with van der Waals surface area (Å²) in [5, 5.41) is 4.54. The third-order valence-electron chi connectivity index (χ3n) is 3.38. The molecule has 1 saturated heterocycles. The zero-order chi connectivity index (χ0) is 13.1. The van der Waals surface area contributed by atoms with Crippen LogP contribution >= 0.6 is 0 Å². The van der Waals surface area contributed by atoms with Gasteiger partial charge in [0.1, 0.15) is 5.69 Å². The minimum Gasteiger partial charge on any atom is -0.356 e. The number of benzene rings is 1. The Morgan fingerprint density at radius 3 is 2.79 bits per heavy atom. The van der Waals surface area contributed by atoms with Crippen LogP contribution in [-0.4, -0.2) is 22.7 Å². The lowest BCUT2D eigenvalue weighted by Crippen LogP contribution is -2.20. The number of nitrogens with zero attached hydrogens (tertiary/aromatic N) is 2. The highest BCUT2D eigenvalue weighted by molar-refractivity contribution is 5.75. The van der Waals surface area contributed by atoms with Gasteiger partial charge in [-0.25, -0.2) is 4.68 Å². The molecule has 1 aromatic carbocycles. The van der Waals surface area contributed by atoms with Crippen molar-refractivity contribution >= 4 is 6.29 Å². The molecule has 98 valence electrons. The molecule has 1 fully saturated rings. The molecular formula is C15H16N2O2. The first-order chi connectivity index (χ1) is 9.38. The summed E-state index contributed by atoms with van der Waals surface area (Å²) in [6, 6.07) is 11.7. The molecule has 1 atom stereocenters. The van der Waals surface area contributed by atoms with E-state index in [2.05, 4.69) is 5.10 Å². The number of aromatic nitrogens is 2. The molecule has 0 radical (unpaired) electrons. The van der Waals surface area contributed by atoms with E-state index in [0.717, 1.165) is 43.4 Å². The van der Waals surface area contributed by atoms with Gasteiger partial charge >= 0.3 is 0 Å². The number of hydrogen-bond acceptors (Lipinski definition) is 3. The number of carbonyl (C=O) groups is 1. The summed E-state index contributed by atoms with van der Waals surface area (Å²) in [5.41, 5.74) is 2.41. The fourth-order valence-electron chi connectivity index (χ4n) is 2.39. The highest BCUT2D eigenvalue weighted by Crippen LogP contribution is 2.26. The largest absolute Gasteiger partial charge is 0.356 e. The maximum absolute atomic E-state index is 11.2. The van der Waals surface area contributed by atoms with Crippen LogP contribution in [0.1, 0.15) is 36.0 Å². The Balaban J connectivity index is 1.96. The first-order valence-corrected chi connectivity index (χ1v) is 6.60. The number of carbonyl (C=O) groups excluding carboxylic acids is 1. The summed E-state index contributed by atoms with van der Waals surface area (Å²) in [7, 11) is 0. The van der Waals surface area contributed by atoms with Crippen molar-refractivity contribution in [2.24, 2.45) is 0 Å². The molecule has 0 N–H and O–H groups in total. The van der Waals surface area contributed by atoms with Crippen molar-refractivity contribution < 1.29 is 9.53 Å². The quantitative estimate of drug-likeness (QED) is 0.793. The van der Waals surface area contributed by atoms with Crippen LogP contribution in [0.2, 0.25) is 0 Å². The molecular weight excluding hydrogens is 240 g/mol. The lowest BCUT2D eigenvalue weighted by Gasteiger charge is -2.23. The topological polar surface area (TPSA) is 44.1 Å². The molecule has 4 heteroatoms. The predicted molar refractivity (Wildman–Crippen MR) is 71.9 cm³/mol. The molecule has 0 saturated carbocycles. The molecule has 1 aliphatic heterocycles. The molecule has 4 nitrogen and oxygen atoms in total. The second-order valence-corrected chi connectivity index (χ2v) is 4.70. The van der Waals surface area contributed by atoms with Crippen molar-refractivity contribution in [3.05, 3.63) is 42.1 Å². The Hall–Kier alpha value is -1.94. The van der Waals surface area contributed by atoms with E-state index in [1.54, 1.807) is 4.68 Å². The average Bonchev–Trinajstić information content (AvgIpc) is 2.93. The van der Waals surface area contributed by atoms with Crippen molar-refractivity contribution in [3.8, 4) is 11.3 Å². The Labute approximate surface area is 112 Å². The lowest BCUT2D eigenvalue weighted by molar-refractivity contribution is -0.0401. The maximum atomic E-state index is 11.2. The highest BCUT2D eigenvalue weighted by atomic mass is 16.5. The molecule has 19 heavy (non-hydrogen) atoms. The van der Waals surface area contributed by atoms with Crippen LogP contribution in [0.5, 0.6) is 0 Å². The summed E-state index contributed by atoms with van der Waals surface area (Å²) in [6.07, 6.45) is 3.85. The Morgan fingerprint density at radius 1 is 1.26 bits per heavy atom. The molecule has 3 rings (SSSR count). The molecule has 1 aliphatic rings. The predicted octanol–water partition coefficient (Wildman–Crippen LogP) is 3.06. The zero-order valence-electron chi connectivity index (χ0n) is 10.7. The van der Waals surface area contributed by atoms with Gasteiger partial charge in [0.25, 0.3) is 0 Å². The second kappa shape index (κ2) is 5.36. The Bertz CT molecular complexity index is 557. The maximum Gasteiger partial charge on any atom is 0.168 e. The van der Waals surface area contributed by atoms with Crippen LogP contribution in [-0.2, 0) is 4.74 Å². The summed E-state index contributed by atoms with van der Waals surface area (Å²) in [5.74, 6) is 0. The van der Waals surface area contributed by atoms with Gasteiger partial charge in [0.2, 0.25) is 0 Å². The van der Waals surface area contributed by atoms with Crippen molar-refractivity contribution in [3.63, 3.8) is 0 Å². The smallest absolute Gasteiger partial charge is 0.168 e. The SMILES string of the molecule is O=Cc1cc(-c2ccccc2)nn1C1CCCCO1. The van der Waals surface area contributed by atoms with Gasteiger partial charge in [-0.15, -0.1) is 0 Å². The first kappa shape index (κ1) is 12.1. The van der Waals surface area contributed by atoms with E-state index < -0.39 is 0 Å². The van der Waals surface area contributed by atoms with Crippen molar-refractivity contribution in [2.45, 2.75) is 25.5 Å². The molecule has 0 bridgehead atoms. The van der Waals surface area contributed by atoms with Crippen LogP contribution in [0.4, 0.5) is 0 Å². The van der Waals surface area contributed by atoms with Gasteiger partial charge in [0.15, 0.2) is 12.5 Å². The van der Waals surface area contributed by atoms with E-state index >= 15 is 0 Å². The molecule has 1 aromatic heterocycles. The van der Waals surface area contributed by atoms with Gasteiger partial charge in [-0.1, -0.05) is 30.3 Å². The second-order valence-electron chi connectivity index (χ2n) is 4.70. The first-order valence-electron chi connectivity index (χ1n) is 6.60. The van der Waals surface area contributed by atoms with E-state index in [4.69, 9.17) is 4.74 Å². The third kappa shape index (κ3) is 2.44. The molecule has 2 heterocycles. The van der Waals surface area contributed by atoms with Crippen molar-refractivity contribution in [1.82, 2.24) is 9.78 Å². The monoisotopic (exact) mass is 256 g/mol. The van der Waals surface area contributed by atoms with E-state index in [0.29, 0.717) is 5.69 Å². The number of hydrogen-bond donors (Lipinski definition) is 0. The number of rotatable bonds is 3. The lowest BCUT2D eigenvalue weighted by atomic mass is 10.1. The highest BCUT2D eigenvalue weighted by Gasteiger charge is 2.20. The molecule has 0 aliphatic carbocycles. The van der Waals surface area contributed by atoms with Crippen LogP contribution in [0.15, 0.2) is 36.4 Å². The summed E-state index contributed by atoms with van der Waals surface area (Å²) < 4.78 is 7.41. The van der Waals surface area contributed by atoms with Crippen LogP contribution in [0.25, 0.3) is 11.3 Å².